The van der Waals surface area contributed by atoms with Crippen molar-refractivity contribution in [2.75, 3.05) is 10.6 Å². The van der Waals surface area contributed by atoms with Gasteiger partial charge in [-0.15, -0.1) is 0 Å². The normalized spacial score (nSPS) is 13.3. The van der Waals surface area contributed by atoms with Crippen molar-refractivity contribution < 1.29 is 9.59 Å². The third-order valence-electron chi connectivity index (χ3n) is 6.45. The second-order valence-corrected chi connectivity index (χ2v) is 9.69. The Morgan fingerprint density at radius 1 is 1.03 bits per heavy atom. The summed E-state index contributed by atoms with van der Waals surface area (Å²) in [4.78, 5) is 39.0. The van der Waals surface area contributed by atoms with Gasteiger partial charge in [0.05, 0.1) is 35.5 Å². The SMILES string of the molecule is CC(C)n1cc(C(=O)c2cncc(NC(=O)Nc3cc(C4CC4)nn3-c3cnn(C)c3)c2)c2cncnc21. The zero-order valence-electron chi connectivity index (χ0n) is 21.2. The van der Waals surface area contributed by atoms with E-state index in [1.54, 1.807) is 34.0 Å². The fourth-order valence-corrected chi connectivity index (χ4v) is 4.41. The summed E-state index contributed by atoms with van der Waals surface area (Å²) in [7, 11) is 1.82. The minimum atomic E-state index is -0.478. The topological polar surface area (TPSA) is 137 Å². The molecule has 0 atom stereocenters. The lowest BCUT2D eigenvalue weighted by atomic mass is 10.1. The number of ketones is 1. The average Bonchev–Trinajstić information content (AvgIpc) is 3.34. The lowest BCUT2D eigenvalue weighted by Crippen LogP contribution is -2.21. The van der Waals surface area contributed by atoms with Gasteiger partial charge in [-0.1, -0.05) is 0 Å². The summed E-state index contributed by atoms with van der Waals surface area (Å²) in [6.45, 7) is 4.04. The molecule has 0 unspecified atom stereocenters. The van der Waals surface area contributed by atoms with Crippen LogP contribution in [0.1, 0.15) is 60.3 Å². The minimum absolute atomic E-state index is 0.115. The van der Waals surface area contributed by atoms with Crippen LogP contribution in [-0.2, 0) is 7.05 Å². The Hall–Kier alpha value is -4.87. The molecular weight excluding hydrogens is 484 g/mol. The number of urea groups is 1. The second kappa shape index (κ2) is 9.21. The van der Waals surface area contributed by atoms with Crippen LogP contribution >= 0.6 is 0 Å². The summed E-state index contributed by atoms with van der Waals surface area (Å²) in [6, 6.07) is 3.12. The first-order chi connectivity index (χ1) is 18.4. The predicted octanol–water partition coefficient (Wildman–Crippen LogP) is 4.08. The Morgan fingerprint density at radius 2 is 1.87 bits per heavy atom. The van der Waals surface area contributed by atoms with E-state index in [9.17, 15) is 9.59 Å². The average molecular weight is 511 g/mol. The molecule has 2 amide bonds. The van der Waals surface area contributed by atoms with Crippen molar-refractivity contribution in [3.05, 3.63) is 72.5 Å². The number of rotatable bonds is 7. The molecule has 0 aliphatic heterocycles. The van der Waals surface area contributed by atoms with Crippen LogP contribution in [-0.4, -0.2) is 50.9 Å². The van der Waals surface area contributed by atoms with E-state index in [1.165, 1.54) is 18.7 Å². The zero-order chi connectivity index (χ0) is 26.4. The maximum Gasteiger partial charge on any atom is 0.324 e. The number of pyridine rings is 1. The Kier molecular flexibility index (Phi) is 5.70. The molecule has 1 fully saturated rings. The van der Waals surface area contributed by atoms with Crippen molar-refractivity contribution in [2.24, 2.45) is 7.05 Å². The number of nitrogens with zero attached hydrogens (tertiary/aromatic N) is 8. The van der Waals surface area contributed by atoms with Crippen LogP contribution in [0.2, 0.25) is 0 Å². The van der Waals surface area contributed by atoms with Gasteiger partial charge in [0, 0.05) is 54.6 Å². The van der Waals surface area contributed by atoms with E-state index >= 15 is 0 Å². The van der Waals surface area contributed by atoms with Crippen LogP contribution in [0.25, 0.3) is 16.7 Å². The van der Waals surface area contributed by atoms with E-state index in [0.29, 0.717) is 39.6 Å². The van der Waals surface area contributed by atoms with E-state index in [-0.39, 0.29) is 11.8 Å². The first-order valence-electron chi connectivity index (χ1n) is 12.3. The molecule has 1 aliphatic rings. The van der Waals surface area contributed by atoms with Crippen LogP contribution in [0, 0.1) is 0 Å². The molecule has 2 N–H and O–H groups in total. The van der Waals surface area contributed by atoms with Gasteiger partial charge in [0.15, 0.2) is 5.78 Å². The van der Waals surface area contributed by atoms with Gasteiger partial charge in [-0.05, 0) is 32.8 Å². The van der Waals surface area contributed by atoms with E-state index in [2.05, 4.69) is 35.8 Å². The van der Waals surface area contributed by atoms with Crippen LogP contribution < -0.4 is 10.6 Å². The molecule has 12 heteroatoms. The van der Waals surface area contributed by atoms with Gasteiger partial charge in [0.25, 0.3) is 0 Å². The fraction of sp³-hybridized carbons (Fsp3) is 0.269. The Morgan fingerprint density at radius 3 is 2.61 bits per heavy atom. The molecule has 192 valence electrons. The summed E-state index contributed by atoms with van der Waals surface area (Å²) in [5.74, 6) is 0.707. The number of fused-ring (bicyclic) bond motifs is 1. The number of aromatic nitrogens is 8. The number of anilines is 2. The highest BCUT2D eigenvalue weighted by Gasteiger charge is 2.28. The molecule has 0 radical (unpaired) electrons. The zero-order valence-corrected chi connectivity index (χ0v) is 21.2. The van der Waals surface area contributed by atoms with Crippen LogP contribution in [0.5, 0.6) is 0 Å². The number of amides is 2. The maximum absolute atomic E-state index is 13.4. The van der Waals surface area contributed by atoms with Gasteiger partial charge >= 0.3 is 6.03 Å². The molecule has 6 rings (SSSR count). The van der Waals surface area contributed by atoms with E-state index in [4.69, 9.17) is 0 Å². The van der Waals surface area contributed by atoms with E-state index in [1.807, 2.05) is 37.7 Å². The minimum Gasteiger partial charge on any atom is -0.329 e. The van der Waals surface area contributed by atoms with E-state index in [0.717, 1.165) is 24.2 Å². The summed E-state index contributed by atoms with van der Waals surface area (Å²) in [6.07, 6.45) is 13.6. The first-order valence-corrected chi connectivity index (χ1v) is 12.3. The largest absolute Gasteiger partial charge is 0.329 e. The molecule has 0 aromatic carbocycles. The quantitative estimate of drug-likeness (QED) is 0.315. The lowest BCUT2D eigenvalue weighted by Gasteiger charge is -2.09. The molecule has 0 bridgehead atoms. The van der Waals surface area contributed by atoms with Gasteiger partial charge in [0.1, 0.15) is 23.5 Å². The molecule has 5 heterocycles. The van der Waals surface area contributed by atoms with Crippen LogP contribution in [0.3, 0.4) is 0 Å². The van der Waals surface area contributed by atoms with Crippen molar-refractivity contribution in [2.45, 2.75) is 38.6 Å². The highest BCUT2D eigenvalue weighted by Crippen LogP contribution is 2.40. The Balaban J connectivity index is 1.23. The lowest BCUT2D eigenvalue weighted by molar-refractivity contribution is 0.103. The van der Waals surface area contributed by atoms with Crippen molar-refractivity contribution >= 4 is 34.4 Å². The number of carbonyl (C=O) groups excluding carboxylic acids is 2. The number of nitrogens with one attached hydrogen (secondary N) is 2. The van der Waals surface area contributed by atoms with Crippen molar-refractivity contribution in [1.29, 1.82) is 0 Å². The van der Waals surface area contributed by atoms with Gasteiger partial charge in [-0.25, -0.2) is 19.4 Å². The third-order valence-corrected chi connectivity index (χ3v) is 6.45. The summed E-state index contributed by atoms with van der Waals surface area (Å²) in [5.41, 5.74) is 3.57. The fourth-order valence-electron chi connectivity index (χ4n) is 4.41. The smallest absolute Gasteiger partial charge is 0.324 e. The van der Waals surface area contributed by atoms with Crippen LogP contribution in [0.4, 0.5) is 16.3 Å². The number of aryl methyl sites for hydroxylation is 1. The first kappa shape index (κ1) is 23.5. The number of hydrogen-bond donors (Lipinski definition) is 2. The second-order valence-electron chi connectivity index (χ2n) is 9.69. The van der Waals surface area contributed by atoms with Gasteiger partial charge in [-0.2, -0.15) is 10.2 Å². The van der Waals surface area contributed by atoms with Crippen molar-refractivity contribution in [3.63, 3.8) is 0 Å². The van der Waals surface area contributed by atoms with Crippen molar-refractivity contribution in [3.8, 4) is 5.69 Å². The standard InChI is InChI=1S/C26H26N10O2/c1-15(2)35-13-21(20-11-28-14-29-25(20)35)24(37)17-6-18(9-27-8-17)31-26(38)32-23-7-22(16-4-5-16)33-36(23)19-10-30-34(3)12-19/h6-16H,4-5H2,1-3H3,(H2,31,32,38). The van der Waals surface area contributed by atoms with Gasteiger partial charge in [0.2, 0.25) is 0 Å². The third kappa shape index (κ3) is 4.40. The maximum atomic E-state index is 13.4. The highest BCUT2D eigenvalue weighted by molar-refractivity contribution is 6.16. The summed E-state index contributed by atoms with van der Waals surface area (Å²) in [5, 5.41) is 15.2. The molecule has 0 saturated heterocycles. The van der Waals surface area contributed by atoms with Gasteiger partial charge in [-0.3, -0.25) is 19.8 Å². The predicted molar refractivity (Wildman–Crippen MR) is 141 cm³/mol. The Labute approximate surface area is 217 Å². The molecule has 5 aromatic rings. The molecular formula is C26H26N10O2. The van der Waals surface area contributed by atoms with E-state index < -0.39 is 6.03 Å². The molecule has 1 aliphatic carbocycles. The van der Waals surface area contributed by atoms with Crippen molar-refractivity contribution in [1.82, 2.24) is 39.1 Å². The number of hydrogen-bond acceptors (Lipinski definition) is 7. The van der Waals surface area contributed by atoms with Gasteiger partial charge < -0.3 is 9.88 Å². The summed E-state index contributed by atoms with van der Waals surface area (Å²) >= 11 is 0. The molecule has 38 heavy (non-hydrogen) atoms. The molecule has 1 saturated carbocycles. The summed E-state index contributed by atoms with van der Waals surface area (Å²) < 4.78 is 5.29. The molecule has 0 spiro atoms. The molecule has 5 aromatic heterocycles. The number of carbonyl (C=O) groups is 2. The van der Waals surface area contributed by atoms with Crippen LogP contribution in [0.15, 0.2) is 55.6 Å². The molecule has 12 nitrogen and oxygen atoms in total. The monoisotopic (exact) mass is 510 g/mol. The highest BCUT2D eigenvalue weighted by atomic mass is 16.2. The Bertz CT molecular complexity index is 1670.